The Balaban J connectivity index is 3.02. The molecule has 0 aliphatic carbocycles. The smallest absolute Gasteiger partial charge is 0.365 e. The van der Waals surface area contributed by atoms with E-state index in [1.165, 1.54) is 13.1 Å². The fourth-order valence-electron chi connectivity index (χ4n) is 1.44. The third kappa shape index (κ3) is 3.93. The first-order chi connectivity index (χ1) is 7.87. The van der Waals surface area contributed by atoms with E-state index in [0.717, 1.165) is 10.5 Å². The number of hydrogen-bond acceptors (Lipinski definition) is 2. The first-order valence-electron chi connectivity index (χ1n) is 4.74. The molecule has 0 amide bonds. The number of halogens is 4. The largest absolute Gasteiger partial charge is 0.405 e. The second-order valence-electron chi connectivity index (χ2n) is 3.57. The van der Waals surface area contributed by atoms with E-state index in [2.05, 4.69) is 15.9 Å². The second kappa shape index (κ2) is 5.41. The Morgan fingerprint density at radius 2 is 2.06 bits per heavy atom. The van der Waals surface area contributed by atoms with Crippen molar-refractivity contribution in [1.29, 1.82) is 5.26 Å². The Kier molecular flexibility index (Phi) is 4.40. The highest BCUT2D eigenvalue weighted by Crippen LogP contribution is 2.25. The molecule has 92 valence electrons. The van der Waals surface area contributed by atoms with Crippen molar-refractivity contribution in [2.24, 2.45) is 0 Å². The third-order valence-corrected chi connectivity index (χ3v) is 2.81. The molecular formula is C11H10BrF3N2. The molecule has 6 heteroatoms. The Bertz CT molecular complexity index is 437. The molecule has 0 N–H and O–H groups in total. The number of hydrogen-bond donors (Lipinski definition) is 0. The molecule has 0 atom stereocenters. The van der Waals surface area contributed by atoms with Gasteiger partial charge >= 0.3 is 6.18 Å². The van der Waals surface area contributed by atoms with Gasteiger partial charge in [-0.05, 0) is 17.7 Å². The van der Waals surface area contributed by atoms with Crippen LogP contribution in [-0.4, -0.2) is 19.8 Å². The zero-order valence-electron chi connectivity index (χ0n) is 9.05. The maximum absolute atomic E-state index is 12.2. The highest BCUT2D eigenvalue weighted by Gasteiger charge is 2.30. The zero-order chi connectivity index (χ0) is 13.1. The molecule has 17 heavy (non-hydrogen) atoms. The predicted octanol–water partition coefficient (Wildman–Crippen LogP) is 3.45. The molecule has 0 aliphatic heterocycles. The van der Waals surface area contributed by atoms with Crippen LogP contribution in [0.25, 0.3) is 0 Å². The van der Waals surface area contributed by atoms with Crippen molar-refractivity contribution in [3.05, 3.63) is 29.3 Å². The molecule has 1 rings (SSSR count). The normalized spacial score (nSPS) is 11.1. The predicted molar refractivity (Wildman–Crippen MR) is 63.1 cm³/mol. The molecule has 0 unspecified atom stereocenters. The van der Waals surface area contributed by atoms with Gasteiger partial charge in [0.15, 0.2) is 0 Å². The number of anilines is 1. The van der Waals surface area contributed by atoms with Gasteiger partial charge in [-0.1, -0.05) is 22.0 Å². The lowest BCUT2D eigenvalue weighted by atomic mass is 10.1. The molecule has 0 aromatic heterocycles. The van der Waals surface area contributed by atoms with Crippen LogP contribution in [0.1, 0.15) is 11.1 Å². The summed E-state index contributed by atoms with van der Waals surface area (Å²) in [4.78, 5) is 1.02. The van der Waals surface area contributed by atoms with Crippen LogP contribution in [0.5, 0.6) is 0 Å². The molecule has 0 saturated heterocycles. The first kappa shape index (κ1) is 13.8. The molecule has 0 bridgehead atoms. The quantitative estimate of drug-likeness (QED) is 0.800. The van der Waals surface area contributed by atoms with Crippen molar-refractivity contribution in [3.8, 4) is 6.07 Å². The van der Waals surface area contributed by atoms with Gasteiger partial charge in [0.1, 0.15) is 12.6 Å². The summed E-state index contributed by atoms with van der Waals surface area (Å²) in [6.07, 6.45) is -4.28. The Labute approximate surface area is 106 Å². The van der Waals surface area contributed by atoms with E-state index in [0.29, 0.717) is 5.33 Å². The van der Waals surface area contributed by atoms with Gasteiger partial charge in [-0.25, -0.2) is 0 Å². The molecule has 0 spiro atoms. The van der Waals surface area contributed by atoms with Crippen LogP contribution in [0.2, 0.25) is 0 Å². The summed E-state index contributed by atoms with van der Waals surface area (Å²) >= 11 is 3.23. The molecule has 0 heterocycles. The summed E-state index contributed by atoms with van der Waals surface area (Å²) in [5.74, 6) is 0. The first-order valence-corrected chi connectivity index (χ1v) is 5.86. The summed E-state index contributed by atoms with van der Waals surface area (Å²) < 4.78 is 36.7. The van der Waals surface area contributed by atoms with Crippen molar-refractivity contribution in [1.82, 2.24) is 0 Å². The van der Waals surface area contributed by atoms with Crippen molar-refractivity contribution < 1.29 is 13.2 Å². The van der Waals surface area contributed by atoms with E-state index >= 15 is 0 Å². The molecule has 1 aromatic carbocycles. The fraction of sp³-hybridized carbons (Fsp3) is 0.364. The highest BCUT2D eigenvalue weighted by molar-refractivity contribution is 9.08. The molecule has 0 saturated carbocycles. The highest BCUT2D eigenvalue weighted by atomic mass is 79.9. The van der Waals surface area contributed by atoms with Crippen LogP contribution in [-0.2, 0) is 5.33 Å². The molecule has 0 fully saturated rings. The minimum Gasteiger partial charge on any atom is -0.365 e. The van der Waals surface area contributed by atoms with Crippen molar-refractivity contribution in [3.63, 3.8) is 0 Å². The Morgan fingerprint density at radius 3 is 2.53 bits per heavy atom. The van der Waals surface area contributed by atoms with Gasteiger partial charge in [-0.15, -0.1) is 0 Å². The van der Waals surface area contributed by atoms with Crippen LogP contribution in [0.4, 0.5) is 18.9 Å². The maximum Gasteiger partial charge on any atom is 0.405 e. The van der Waals surface area contributed by atoms with E-state index in [4.69, 9.17) is 5.26 Å². The van der Waals surface area contributed by atoms with E-state index in [-0.39, 0.29) is 11.3 Å². The number of alkyl halides is 4. The number of nitriles is 1. The maximum atomic E-state index is 12.2. The van der Waals surface area contributed by atoms with Gasteiger partial charge in [0.25, 0.3) is 0 Å². The van der Waals surface area contributed by atoms with E-state index in [1.54, 1.807) is 12.1 Å². The van der Waals surface area contributed by atoms with Gasteiger partial charge in [0.05, 0.1) is 11.3 Å². The second-order valence-corrected chi connectivity index (χ2v) is 4.13. The van der Waals surface area contributed by atoms with Crippen molar-refractivity contribution in [2.75, 3.05) is 18.5 Å². The minimum absolute atomic E-state index is 0.244. The third-order valence-electron chi connectivity index (χ3n) is 2.16. The number of benzene rings is 1. The standard InChI is InChI=1S/C11H10BrF3N2/c1-17(7-11(13,14)15)10-3-2-8(5-12)4-9(10)6-16/h2-4H,5,7H2,1H3. The van der Waals surface area contributed by atoms with Crippen LogP contribution < -0.4 is 4.90 Å². The average Bonchev–Trinajstić information content (AvgIpc) is 2.25. The SMILES string of the molecule is CN(CC(F)(F)F)c1ccc(CBr)cc1C#N. The van der Waals surface area contributed by atoms with Gasteiger partial charge in [0, 0.05) is 12.4 Å². The van der Waals surface area contributed by atoms with Crippen molar-refractivity contribution in [2.45, 2.75) is 11.5 Å². The molecule has 2 nitrogen and oxygen atoms in total. The van der Waals surface area contributed by atoms with E-state index < -0.39 is 12.7 Å². The summed E-state index contributed by atoms with van der Waals surface area (Å²) in [5.41, 5.74) is 1.38. The minimum atomic E-state index is -4.28. The molecule has 0 radical (unpaired) electrons. The van der Waals surface area contributed by atoms with Gasteiger partial charge in [0.2, 0.25) is 0 Å². The van der Waals surface area contributed by atoms with Gasteiger partial charge in [-0.3, -0.25) is 0 Å². The molecular weight excluding hydrogens is 297 g/mol. The van der Waals surface area contributed by atoms with E-state index in [9.17, 15) is 13.2 Å². The van der Waals surface area contributed by atoms with E-state index in [1.807, 2.05) is 6.07 Å². The van der Waals surface area contributed by atoms with Crippen LogP contribution >= 0.6 is 15.9 Å². The summed E-state index contributed by atoms with van der Waals surface area (Å²) in [7, 11) is 1.32. The van der Waals surface area contributed by atoms with Gasteiger partial charge < -0.3 is 4.90 Å². The monoisotopic (exact) mass is 306 g/mol. The van der Waals surface area contributed by atoms with Crippen LogP contribution in [0.15, 0.2) is 18.2 Å². The molecule has 1 aromatic rings. The van der Waals surface area contributed by atoms with Crippen molar-refractivity contribution >= 4 is 21.6 Å². The van der Waals surface area contributed by atoms with Crippen LogP contribution in [0, 0.1) is 11.3 Å². The number of rotatable bonds is 3. The van der Waals surface area contributed by atoms with Crippen LogP contribution in [0.3, 0.4) is 0 Å². The lowest BCUT2D eigenvalue weighted by Gasteiger charge is -2.22. The fourth-order valence-corrected chi connectivity index (χ4v) is 1.79. The lowest BCUT2D eigenvalue weighted by Crippen LogP contribution is -2.31. The zero-order valence-corrected chi connectivity index (χ0v) is 10.6. The summed E-state index contributed by atoms with van der Waals surface area (Å²) in [5, 5.41) is 9.47. The average molecular weight is 307 g/mol. The lowest BCUT2D eigenvalue weighted by molar-refractivity contribution is -0.119. The summed E-state index contributed by atoms with van der Waals surface area (Å²) in [6, 6.07) is 6.71. The molecule has 0 aliphatic rings. The Hall–Kier alpha value is -1.22. The summed E-state index contributed by atoms with van der Waals surface area (Å²) in [6.45, 7) is -1.07. The van der Waals surface area contributed by atoms with Gasteiger partial charge in [-0.2, -0.15) is 18.4 Å². The Morgan fingerprint density at radius 1 is 1.41 bits per heavy atom. The topological polar surface area (TPSA) is 27.0 Å². The number of nitrogens with zero attached hydrogens (tertiary/aromatic N) is 2.